The molecule has 1 aromatic carbocycles. The lowest BCUT2D eigenvalue weighted by Gasteiger charge is -2.17. The summed E-state index contributed by atoms with van der Waals surface area (Å²) in [6.45, 7) is 3.20. The quantitative estimate of drug-likeness (QED) is 0.864. The van der Waals surface area contributed by atoms with Gasteiger partial charge in [-0.3, -0.25) is 9.59 Å². The molecule has 1 aromatic rings. The molecule has 1 aliphatic carbocycles. The standard InChI is InChI=1S/C18H23NO5/c1-3-24-15-7-6-12(8-16(15)23-2)17(20)19-9-13(11-4-5-11)14(10-19)18(21)22/h6-8,11,13-14H,3-5,9-10H2,1-2H3,(H,21,22)/t13-,14+/m1/s1. The van der Waals surface area contributed by atoms with Crippen molar-refractivity contribution < 1.29 is 24.2 Å². The molecule has 1 saturated carbocycles. The van der Waals surface area contributed by atoms with E-state index in [0.717, 1.165) is 12.8 Å². The van der Waals surface area contributed by atoms with Gasteiger partial charge in [-0.25, -0.2) is 0 Å². The van der Waals surface area contributed by atoms with Gasteiger partial charge in [0.2, 0.25) is 0 Å². The predicted molar refractivity (Wildman–Crippen MR) is 87.4 cm³/mol. The maximum absolute atomic E-state index is 12.8. The average molecular weight is 333 g/mol. The molecular formula is C18H23NO5. The van der Waals surface area contributed by atoms with Gasteiger partial charge in [0.25, 0.3) is 5.91 Å². The summed E-state index contributed by atoms with van der Waals surface area (Å²) in [5.41, 5.74) is 0.496. The number of methoxy groups -OCH3 is 1. The molecular weight excluding hydrogens is 310 g/mol. The van der Waals surface area contributed by atoms with Crippen molar-refractivity contribution in [3.63, 3.8) is 0 Å². The molecule has 6 heteroatoms. The molecule has 1 heterocycles. The second-order valence-corrected chi connectivity index (χ2v) is 6.45. The van der Waals surface area contributed by atoms with E-state index in [1.165, 1.54) is 7.11 Å². The third-order valence-electron chi connectivity index (χ3n) is 4.91. The summed E-state index contributed by atoms with van der Waals surface area (Å²) in [5, 5.41) is 9.43. The van der Waals surface area contributed by atoms with Crippen molar-refractivity contribution in [1.29, 1.82) is 0 Å². The van der Waals surface area contributed by atoms with Gasteiger partial charge in [0.05, 0.1) is 19.6 Å². The number of hydrogen-bond acceptors (Lipinski definition) is 4. The fraction of sp³-hybridized carbons (Fsp3) is 0.556. The first-order valence-electron chi connectivity index (χ1n) is 8.38. The van der Waals surface area contributed by atoms with Crippen molar-refractivity contribution >= 4 is 11.9 Å². The first-order valence-corrected chi connectivity index (χ1v) is 8.38. The molecule has 2 atom stereocenters. The summed E-state index contributed by atoms with van der Waals surface area (Å²) in [6, 6.07) is 5.09. The van der Waals surface area contributed by atoms with E-state index in [2.05, 4.69) is 0 Å². The van der Waals surface area contributed by atoms with Crippen LogP contribution in [-0.4, -0.2) is 48.7 Å². The van der Waals surface area contributed by atoms with Crippen LogP contribution in [0.3, 0.4) is 0 Å². The highest BCUT2D eigenvalue weighted by molar-refractivity contribution is 5.95. The minimum Gasteiger partial charge on any atom is -0.493 e. The fourth-order valence-corrected chi connectivity index (χ4v) is 3.52. The largest absolute Gasteiger partial charge is 0.493 e. The van der Waals surface area contributed by atoms with Gasteiger partial charge in [0, 0.05) is 18.7 Å². The number of carbonyl (C=O) groups is 2. The van der Waals surface area contributed by atoms with Crippen molar-refractivity contribution in [1.82, 2.24) is 4.90 Å². The van der Waals surface area contributed by atoms with Crippen LogP contribution < -0.4 is 9.47 Å². The lowest BCUT2D eigenvalue weighted by Crippen LogP contribution is -2.29. The summed E-state index contributed by atoms with van der Waals surface area (Å²) >= 11 is 0. The highest BCUT2D eigenvalue weighted by atomic mass is 16.5. The normalized spacial score (nSPS) is 23.2. The third-order valence-corrected chi connectivity index (χ3v) is 4.91. The Kier molecular flexibility index (Phi) is 4.64. The van der Waals surface area contributed by atoms with E-state index >= 15 is 0 Å². The molecule has 0 radical (unpaired) electrons. The maximum Gasteiger partial charge on any atom is 0.308 e. The Morgan fingerprint density at radius 2 is 2.00 bits per heavy atom. The molecule has 0 unspecified atom stereocenters. The van der Waals surface area contributed by atoms with Crippen LogP contribution in [0.2, 0.25) is 0 Å². The second kappa shape index (κ2) is 6.71. The lowest BCUT2D eigenvalue weighted by molar-refractivity contribution is -0.142. The van der Waals surface area contributed by atoms with Crippen LogP contribution in [0.5, 0.6) is 11.5 Å². The Morgan fingerprint density at radius 1 is 1.25 bits per heavy atom. The number of nitrogens with zero attached hydrogens (tertiary/aromatic N) is 1. The van der Waals surface area contributed by atoms with Crippen molar-refractivity contribution in [2.24, 2.45) is 17.8 Å². The van der Waals surface area contributed by atoms with Crippen molar-refractivity contribution in [3.8, 4) is 11.5 Å². The number of carboxylic acid groups (broad SMARTS) is 1. The van der Waals surface area contributed by atoms with Gasteiger partial charge in [-0.2, -0.15) is 0 Å². The van der Waals surface area contributed by atoms with Crippen LogP contribution in [0.4, 0.5) is 0 Å². The van der Waals surface area contributed by atoms with E-state index in [4.69, 9.17) is 9.47 Å². The number of carboxylic acids is 1. The zero-order valence-corrected chi connectivity index (χ0v) is 14.0. The zero-order chi connectivity index (χ0) is 17.3. The van der Waals surface area contributed by atoms with Crippen molar-refractivity contribution in [2.45, 2.75) is 19.8 Å². The number of hydrogen-bond donors (Lipinski definition) is 1. The molecule has 2 aliphatic rings. The molecule has 1 amide bonds. The SMILES string of the molecule is CCOc1ccc(C(=O)N2C[C@H](C(=O)O)[C@@H](C3CC3)C2)cc1OC. The number of ether oxygens (including phenoxy) is 2. The number of benzene rings is 1. The van der Waals surface area contributed by atoms with Gasteiger partial charge in [0.15, 0.2) is 11.5 Å². The van der Waals surface area contributed by atoms with E-state index < -0.39 is 11.9 Å². The number of carbonyl (C=O) groups excluding carboxylic acids is 1. The van der Waals surface area contributed by atoms with Crippen LogP contribution in [0, 0.1) is 17.8 Å². The smallest absolute Gasteiger partial charge is 0.308 e. The maximum atomic E-state index is 12.8. The Balaban J connectivity index is 1.78. The highest BCUT2D eigenvalue weighted by Gasteiger charge is 2.46. The van der Waals surface area contributed by atoms with Crippen LogP contribution in [0.15, 0.2) is 18.2 Å². The van der Waals surface area contributed by atoms with E-state index in [9.17, 15) is 14.7 Å². The number of amides is 1. The van der Waals surface area contributed by atoms with Gasteiger partial charge >= 0.3 is 5.97 Å². The van der Waals surface area contributed by atoms with Gasteiger partial charge in [-0.15, -0.1) is 0 Å². The molecule has 0 bridgehead atoms. The van der Waals surface area contributed by atoms with Crippen LogP contribution in [0.1, 0.15) is 30.1 Å². The Labute approximate surface area is 141 Å². The average Bonchev–Trinajstić information content (AvgIpc) is 3.32. The van der Waals surface area contributed by atoms with Crippen LogP contribution >= 0.6 is 0 Å². The Bertz CT molecular complexity index is 640. The van der Waals surface area contributed by atoms with Gasteiger partial charge in [-0.05, 0) is 49.8 Å². The molecule has 1 N–H and O–H groups in total. The van der Waals surface area contributed by atoms with E-state index in [1.807, 2.05) is 6.92 Å². The Morgan fingerprint density at radius 3 is 2.58 bits per heavy atom. The summed E-state index contributed by atoms with van der Waals surface area (Å²) in [5.74, 6) is 0.241. The van der Waals surface area contributed by atoms with Crippen molar-refractivity contribution in [3.05, 3.63) is 23.8 Å². The highest BCUT2D eigenvalue weighted by Crippen LogP contribution is 2.44. The molecule has 0 spiro atoms. The molecule has 6 nitrogen and oxygen atoms in total. The summed E-state index contributed by atoms with van der Waals surface area (Å²) in [6.07, 6.45) is 2.15. The topological polar surface area (TPSA) is 76.1 Å². The third kappa shape index (κ3) is 3.18. The minimum absolute atomic E-state index is 0.0797. The van der Waals surface area contributed by atoms with E-state index in [-0.39, 0.29) is 18.4 Å². The molecule has 1 saturated heterocycles. The predicted octanol–water partition coefficient (Wildman–Crippen LogP) is 2.28. The van der Waals surface area contributed by atoms with E-state index in [0.29, 0.717) is 36.1 Å². The molecule has 0 aromatic heterocycles. The van der Waals surface area contributed by atoms with Crippen molar-refractivity contribution in [2.75, 3.05) is 26.8 Å². The first kappa shape index (κ1) is 16.6. The number of likely N-dealkylation sites (tertiary alicyclic amines) is 1. The summed E-state index contributed by atoms with van der Waals surface area (Å²) in [4.78, 5) is 25.9. The first-order chi connectivity index (χ1) is 11.5. The number of rotatable bonds is 6. The molecule has 130 valence electrons. The van der Waals surface area contributed by atoms with Crippen LogP contribution in [0.25, 0.3) is 0 Å². The Hall–Kier alpha value is -2.24. The van der Waals surface area contributed by atoms with Gasteiger partial charge in [-0.1, -0.05) is 0 Å². The molecule has 24 heavy (non-hydrogen) atoms. The van der Waals surface area contributed by atoms with E-state index in [1.54, 1.807) is 23.1 Å². The molecule has 2 fully saturated rings. The monoisotopic (exact) mass is 333 g/mol. The van der Waals surface area contributed by atoms with Gasteiger partial charge < -0.3 is 19.5 Å². The van der Waals surface area contributed by atoms with Crippen LogP contribution in [-0.2, 0) is 4.79 Å². The summed E-state index contributed by atoms with van der Waals surface area (Å²) in [7, 11) is 1.53. The lowest BCUT2D eigenvalue weighted by atomic mass is 9.92. The minimum atomic E-state index is -0.800. The molecule has 1 aliphatic heterocycles. The number of aliphatic carboxylic acids is 1. The fourth-order valence-electron chi connectivity index (χ4n) is 3.52. The molecule has 3 rings (SSSR count). The zero-order valence-electron chi connectivity index (χ0n) is 14.0. The summed E-state index contributed by atoms with van der Waals surface area (Å²) < 4.78 is 10.8. The van der Waals surface area contributed by atoms with Gasteiger partial charge in [0.1, 0.15) is 0 Å². The second-order valence-electron chi connectivity index (χ2n) is 6.45.